The average molecular weight is 258 g/mol. The Morgan fingerprint density at radius 1 is 1.22 bits per heavy atom. The third-order valence-electron chi connectivity index (χ3n) is 3.15. The zero-order chi connectivity index (χ0) is 13.0. The number of benzene rings is 1. The van der Waals surface area contributed by atoms with E-state index < -0.39 is 17.3 Å². The summed E-state index contributed by atoms with van der Waals surface area (Å²) in [5, 5.41) is 0. The van der Waals surface area contributed by atoms with Gasteiger partial charge in [-0.15, -0.1) is 0 Å². The first kappa shape index (κ1) is 11.5. The van der Waals surface area contributed by atoms with Gasteiger partial charge in [0.1, 0.15) is 5.75 Å². The monoisotopic (exact) mass is 258 g/mol. The molecule has 0 saturated carbocycles. The molecule has 0 aromatic heterocycles. The summed E-state index contributed by atoms with van der Waals surface area (Å²) in [6.07, 6.45) is -4.28. The zero-order valence-corrected chi connectivity index (χ0v) is 9.21. The van der Waals surface area contributed by atoms with E-state index in [1.54, 1.807) is 0 Å². The molecule has 1 saturated heterocycles. The fourth-order valence-corrected chi connectivity index (χ4v) is 2.16. The van der Waals surface area contributed by atoms with Gasteiger partial charge in [-0.2, -0.15) is 13.2 Å². The molecule has 1 aromatic carbocycles. The van der Waals surface area contributed by atoms with Crippen LogP contribution >= 0.6 is 0 Å². The van der Waals surface area contributed by atoms with E-state index >= 15 is 0 Å². The fraction of sp³-hybridized carbons (Fsp3) is 0.417. The summed E-state index contributed by atoms with van der Waals surface area (Å²) < 4.78 is 48.2. The van der Waals surface area contributed by atoms with Crippen LogP contribution < -0.4 is 4.74 Å². The Hall–Kier alpha value is -1.56. The third-order valence-corrected chi connectivity index (χ3v) is 3.15. The van der Waals surface area contributed by atoms with E-state index in [0.29, 0.717) is 0 Å². The topological polar surface area (TPSA) is 35.5 Å². The van der Waals surface area contributed by atoms with Crippen LogP contribution in [0.5, 0.6) is 5.75 Å². The molecular formula is C12H9F3O3. The van der Waals surface area contributed by atoms with Gasteiger partial charge in [-0.25, -0.2) is 0 Å². The molecule has 0 atom stereocenters. The van der Waals surface area contributed by atoms with Crippen molar-refractivity contribution < 1.29 is 27.4 Å². The molecule has 3 rings (SSSR count). The summed E-state index contributed by atoms with van der Waals surface area (Å²) in [6, 6.07) is 2.95. The predicted molar refractivity (Wildman–Crippen MR) is 54.6 cm³/mol. The number of alkyl halides is 3. The average Bonchev–Trinajstić information content (AvgIpc) is 2.25. The van der Waals surface area contributed by atoms with E-state index in [4.69, 9.17) is 9.47 Å². The number of hydrogen-bond donors (Lipinski definition) is 0. The smallest absolute Gasteiger partial charge is 0.416 e. The van der Waals surface area contributed by atoms with Gasteiger partial charge in [0.25, 0.3) is 0 Å². The van der Waals surface area contributed by atoms with E-state index in [-0.39, 0.29) is 36.7 Å². The molecule has 0 radical (unpaired) electrons. The van der Waals surface area contributed by atoms with Crippen molar-refractivity contribution in [1.82, 2.24) is 0 Å². The van der Waals surface area contributed by atoms with Crippen LogP contribution in [-0.4, -0.2) is 24.6 Å². The van der Waals surface area contributed by atoms with E-state index in [9.17, 15) is 18.0 Å². The molecule has 6 heteroatoms. The second-order valence-electron chi connectivity index (χ2n) is 4.59. The lowest BCUT2D eigenvalue weighted by Gasteiger charge is -2.43. The van der Waals surface area contributed by atoms with Crippen LogP contribution in [0.3, 0.4) is 0 Å². The summed E-state index contributed by atoms with van der Waals surface area (Å²) >= 11 is 0. The van der Waals surface area contributed by atoms with Crippen molar-refractivity contribution in [2.24, 2.45) is 0 Å². The number of Topliss-reactive ketones (excluding diaryl/α,β-unsaturated/α-hetero) is 1. The van der Waals surface area contributed by atoms with Gasteiger partial charge in [0.05, 0.1) is 30.8 Å². The zero-order valence-electron chi connectivity index (χ0n) is 9.21. The van der Waals surface area contributed by atoms with Crippen molar-refractivity contribution in [3.8, 4) is 5.75 Å². The van der Waals surface area contributed by atoms with Gasteiger partial charge in [-0.1, -0.05) is 0 Å². The quantitative estimate of drug-likeness (QED) is 0.717. The minimum atomic E-state index is -4.44. The van der Waals surface area contributed by atoms with Crippen LogP contribution in [0.15, 0.2) is 18.2 Å². The number of ketones is 1. The molecule has 2 heterocycles. The van der Waals surface area contributed by atoms with Gasteiger partial charge in [0, 0.05) is 0 Å². The molecule has 0 bridgehead atoms. The summed E-state index contributed by atoms with van der Waals surface area (Å²) in [4.78, 5) is 11.8. The maximum Gasteiger partial charge on any atom is 0.416 e. The number of carbonyl (C=O) groups excluding carboxylic acids is 1. The van der Waals surface area contributed by atoms with Crippen molar-refractivity contribution in [2.45, 2.75) is 18.2 Å². The minimum Gasteiger partial charge on any atom is -0.481 e. The van der Waals surface area contributed by atoms with Gasteiger partial charge >= 0.3 is 6.18 Å². The van der Waals surface area contributed by atoms with Gasteiger partial charge in [0.2, 0.25) is 0 Å². The largest absolute Gasteiger partial charge is 0.481 e. The van der Waals surface area contributed by atoms with Gasteiger partial charge in [-0.3, -0.25) is 4.79 Å². The molecule has 1 fully saturated rings. The van der Waals surface area contributed by atoms with Gasteiger partial charge in [0.15, 0.2) is 11.4 Å². The SMILES string of the molecule is O=C1CC2(COC2)Oc2cc(C(F)(F)F)ccc21. The second kappa shape index (κ2) is 3.47. The molecule has 0 amide bonds. The first-order valence-electron chi connectivity index (χ1n) is 5.41. The van der Waals surface area contributed by atoms with Crippen LogP contribution in [0.25, 0.3) is 0 Å². The Morgan fingerprint density at radius 3 is 2.50 bits per heavy atom. The van der Waals surface area contributed by atoms with Crippen LogP contribution in [0.4, 0.5) is 13.2 Å². The number of carbonyl (C=O) groups is 1. The first-order valence-corrected chi connectivity index (χ1v) is 5.41. The summed E-state index contributed by atoms with van der Waals surface area (Å²) in [7, 11) is 0. The Bertz CT molecular complexity index is 518. The number of rotatable bonds is 0. The molecule has 18 heavy (non-hydrogen) atoms. The molecule has 0 unspecified atom stereocenters. The maximum absolute atomic E-state index is 12.6. The van der Waals surface area contributed by atoms with Crippen molar-refractivity contribution in [2.75, 3.05) is 13.2 Å². The summed E-state index contributed by atoms with van der Waals surface area (Å²) in [6.45, 7) is 0.489. The highest BCUT2D eigenvalue weighted by Crippen LogP contribution is 2.40. The van der Waals surface area contributed by atoms with Crippen LogP contribution in [0.1, 0.15) is 22.3 Å². The minimum absolute atomic E-state index is 0.00405. The maximum atomic E-state index is 12.6. The van der Waals surface area contributed by atoms with Crippen molar-refractivity contribution in [3.63, 3.8) is 0 Å². The Morgan fingerprint density at radius 2 is 1.94 bits per heavy atom. The van der Waals surface area contributed by atoms with Gasteiger partial charge in [-0.05, 0) is 18.2 Å². The van der Waals surface area contributed by atoms with E-state index in [1.165, 1.54) is 6.07 Å². The fourth-order valence-electron chi connectivity index (χ4n) is 2.16. The number of fused-ring (bicyclic) bond motifs is 1. The highest BCUT2D eigenvalue weighted by Gasteiger charge is 2.47. The molecule has 0 N–H and O–H groups in total. The Kier molecular flexibility index (Phi) is 2.22. The number of hydrogen-bond acceptors (Lipinski definition) is 3. The van der Waals surface area contributed by atoms with Crippen molar-refractivity contribution in [1.29, 1.82) is 0 Å². The molecular weight excluding hydrogens is 249 g/mol. The Balaban J connectivity index is 2.02. The molecule has 2 aliphatic rings. The van der Waals surface area contributed by atoms with Crippen LogP contribution in [0.2, 0.25) is 0 Å². The molecule has 1 spiro atoms. The molecule has 0 aliphatic carbocycles. The molecule has 2 aliphatic heterocycles. The lowest BCUT2D eigenvalue weighted by atomic mass is 9.88. The standard InChI is InChI=1S/C12H9F3O3/c13-12(14,15)7-1-2-8-9(16)4-11(5-17-6-11)18-10(8)3-7/h1-3H,4-6H2. The van der Waals surface area contributed by atoms with Crippen LogP contribution in [0, 0.1) is 0 Å². The lowest BCUT2D eigenvalue weighted by Crippen LogP contribution is -2.57. The van der Waals surface area contributed by atoms with E-state index in [1.807, 2.05) is 0 Å². The summed E-state index contributed by atoms with van der Waals surface area (Å²) in [5.74, 6) is -0.197. The molecule has 1 aromatic rings. The van der Waals surface area contributed by atoms with Gasteiger partial charge < -0.3 is 9.47 Å². The highest BCUT2D eigenvalue weighted by molar-refractivity contribution is 6.00. The van der Waals surface area contributed by atoms with E-state index in [2.05, 4.69) is 0 Å². The first-order chi connectivity index (χ1) is 8.40. The number of ether oxygens (including phenoxy) is 2. The van der Waals surface area contributed by atoms with Crippen molar-refractivity contribution in [3.05, 3.63) is 29.3 Å². The third kappa shape index (κ3) is 1.68. The second-order valence-corrected chi connectivity index (χ2v) is 4.59. The number of halogens is 3. The molecule has 3 nitrogen and oxygen atoms in total. The van der Waals surface area contributed by atoms with Crippen LogP contribution in [-0.2, 0) is 10.9 Å². The Labute approximate surface area is 100 Å². The summed E-state index contributed by atoms with van der Waals surface area (Å²) in [5.41, 5.74) is -1.36. The predicted octanol–water partition coefficient (Wildman–Crippen LogP) is 2.44. The molecule has 96 valence electrons. The highest BCUT2D eigenvalue weighted by atomic mass is 19.4. The lowest BCUT2D eigenvalue weighted by molar-refractivity contribution is -0.162. The van der Waals surface area contributed by atoms with E-state index in [0.717, 1.165) is 12.1 Å². The normalized spacial score (nSPS) is 21.2. The van der Waals surface area contributed by atoms with Crippen molar-refractivity contribution >= 4 is 5.78 Å².